The van der Waals surface area contributed by atoms with Gasteiger partial charge in [0.25, 0.3) is 11.1 Å². The Hall–Kier alpha value is -3.40. The number of hydrogen-bond donors (Lipinski definition) is 1. The molecule has 1 fully saturated rings. The van der Waals surface area contributed by atoms with E-state index in [1.54, 1.807) is 12.1 Å². The average molecular weight is 477 g/mol. The summed E-state index contributed by atoms with van der Waals surface area (Å²) in [5.41, 5.74) is 2.12. The molecule has 0 unspecified atom stereocenters. The van der Waals surface area contributed by atoms with E-state index < -0.39 is 30.2 Å². The number of nitrogens with zero attached hydrogens (tertiary/aromatic N) is 1. The predicted octanol–water partition coefficient (Wildman–Crippen LogP) is 5.10. The maximum Gasteiger partial charge on any atom is 0.387 e. The summed E-state index contributed by atoms with van der Waals surface area (Å²) in [4.78, 5) is 38.3. The highest BCUT2D eigenvalue weighted by Gasteiger charge is 2.36. The van der Waals surface area contributed by atoms with Crippen LogP contribution in [0.3, 0.4) is 0 Å². The predicted molar refractivity (Wildman–Crippen MR) is 121 cm³/mol. The van der Waals surface area contributed by atoms with Gasteiger partial charge in [-0.3, -0.25) is 19.3 Å². The number of ether oxygens (including phenoxy) is 2. The van der Waals surface area contributed by atoms with Crippen LogP contribution in [0.2, 0.25) is 0 Å². The zero-order chi connectivity index (χ0) is 24.1. The van der Waals surface area contributed by atoms with Gasteiger partial charge in [0.2, 0.25) is 5.91 Å². The van der Waals surface area contributed by atoms with E-state index in [4.69, 9.17) is 4.74 Å². The summed E-state index contributed by atoms with van der Waals surface area (Å²) in [5, 5.41) is 2.09. The number of carbonyl (C=O) groups is 3. The van der Waals surface area contributed by atoms with Crippen molar-refractivity contribution in [3.63, 3.8) is 0 Å². The number of alkyl halides is 2. The van der Waals surface area contributed by atoms with Crippen molar-refractivity contribution in [2.75, 3.05) is 19.0 Å². The number of anilines is 1. The van der Waals surface area contributed by atoms with E-state index in [0.29, 0.717) is 28.9 Å². The second-order valence-electron chi connectivity index (χ2n) is 7.38. The summed E-state index contributed by atoms with van der Waals surface area (Å²) in [7, 11) is 1.29. The van der Waals surface area contributed by atoms with Crippen LogP contribution in [0.1, 0.15) is 30.9 Å². The third-order valence-electron chi connectivity index (χ3n) is 4.74. The normalized spacial score (nSPS) is 15.0. The van der Waals surface area contributed by atoms with E-state index in [2.05, 4.69) is 23.9 Å². The quantitative estimate of drug-likeness (QED) is 0.534. The molecule has 2 aromatic rings. The number of imide groups is 1. The van der Waals surface area contributed by atoms with E-state index in [1.807, 2.05) is 12.1 Å². The molecule has 0 atom stereocenters. The molecule has 0 aromatic heterocycles. The molecule has 174 valence electrons. The van der Waals surface area contributed by atoms with E-state index in [0.717, 1.165) is 10.5 Å². The number of rotatable bonds is 8. The zero-order valence-corrected chi connectivity index (χ0v) is 18.9. The number of halogens is 2. The first-order valence-electron chi connectivity index (χ1n) is 9.96. The Morgan fingerprint density at radius 1 is 1.12 bits per heavy atom. The van der Waals surface area contributed by atoms with Gasteiger partial charge in [-0.05, 0) is 59.1 Å². The van der Waals surface area contributed by atoms with Crippen molar-refractivity contribution in [1.29, 1.82) is 0 Å². The van der Waals surface area contributed by atoms with Crippen molar-refractivity contribution in [2.45, 2.75) is 26.4 Å². The van der Waals surface area contributed by atoms with Crippen LogP contribution in [0.5, 0.6) is 11.5 Å². The van der Waals surface area contributed by atoms with Crippen LogP contribution < -0.4 is 14.8 Å². The van der Waals surface area contributed by atoms with E-state index in [-0.39, 0.29) is 16.4 Å². The van der Waals surface area contributed by atoms with Crippen molar-refractivity contribution < 1.29 is 32.6 Å². The molecular formula is C23H22F2N2O5S. The number of hydrogen-bond acceptors (Lipinski definition) is 6. The van der Waals surface area contributed by atoms with Gasteiger partial charge in [-0.1, -0.05) is 32.0 Å². The van der Waals surface area contributed by atoms with Crippen molar-refractivity contribution in [3.05, 3.63) is 58.5 Å². The smallest absolute Gasteiger partial charge is 0.387 e. The second kappa shape index (κ2) is 10.5. The van der Waals surface area contributed by atoms with Gasteiger partial charge in [-0.15, -0.1) is 0 Å². The molecule has 3 amide bonds. The molecule has 3 rings (SSSR count). The van der Waals surface area contributed by atoms with Gasteiger partial charge in [-0.2, -0.15) is 8.78 Å². The fourth-order valence-corrected chi connectivity index (χ4v) is 3.89. The highest BCUT2D eigenvalue weighted by molar-refractivity contribution is 8.18. The number of nitrogens with one attached hydrogen (secondary N) is 1. The summed E-state index contributed by atoms with van der Waals surface area (Å²) in [6.45, 7) is 0.671. The van der Waals surface area contributed by atoms with Crippen molar-refractivity contribution in [1.82, 2.24) is 4.90 Å². The lowest BCUT2D eigenvalue weighted by molar-refractivity contribution is -0.127. The van der Waals surface area contributed by atoms with Gasteiger partial charge in [0.15, 0.2) is 11.5 Å². The lowest BCUT2D eigenvalue weighted by Crippen LogP contribution is -2.36. The van der Waals surface area contributed by atoms with Gasteiger partial charge in [0, 0.05) is 5.69 Å². The Morgan fingerprint density at radius 2 is 1.82 bits per heavy atom. The standard InChI is InChI=1S/C23H22F2N2O5S/c1-13(2)15-5-7-16(8-6-15)26-20(28)12-27-21(29)19(33-23(27)30)11-14-4-9-17(32-22(24)25)18(10-14)31-3/h4-11,13,22H,12H2,1-3H3,(H,26,28)/b19-11-. The number of amides is 3. The summed E-state index contributed by atoms with van der Waals surface area (Å²) in [5.74, 6) is -0.889. The van der Waals surface area contributed by atoms with Crippen LogP contribution in [-0.2, 0) is 9.59 Å². The maximum atomic E-state index is 12.7. The minimum absolute atomic E-state index is 0.0474. The van der Waals surface area contributed by atoms with Gasteiger partial charge in [-0.25, -0.2) is 0 Å². The van der Waals surface area contributed by atoms with Gasteiger partial charge >= 0.3 is 6.61 Å². The molecule has 1 saturated heterocycles. The third kappa shape index (κ3) is 6.10. The molecule has 0 bridgehead atoms. The Kier molecular flexibility index (Phi) is 7.70. The van der Waals surface area contributed by atoms with Crippen molar-refractivity contribution >= 4 is 40.6 Å². The lowest BCUT2D eigenvalue weighted by Gasteiger charge is -2.13. The van der Waals surface area contributed by atoms with Crippen molar-refractivity contribution in [3.8, 4) is 11.5 Å². The van der Waals surface area contributed by atoms with Crippen LogP contribution in [0, 0.1) is 0 Å². The van der Waals surface area contributed by atoms with E-state index in [1.165, 1.54) is 31.4 Å². The number of methoxy groups -OCH3 is 1. The first-order valence-corrected chi connectivity index (χ1v) is 10.8. The van der Waals surface area contributed by atoms with Crippen molar-refractivity contribution in [2.24, 2.45) is 0 Å². The molecule has 1 aliphatic rings. The fraction of sp³-hybridized carbons (Fsp3) is 0.261. The Morgan fingerprint density at radius 3 is 2.42 bits per heavy atom. The Labute approximate surface area is 193 Å². The van der Waals surface area contributed by atoms with Crippen LogP contribution in [0.15, 0.2) is 47.4 Å². The van der Waals surface area contributed by atoms with Crippen LogP contribution in [-0.4, -0.2) is 42.2 Å². The molecule has 1 heterocycles. The van der Waals surface area contributed by atoms with Gasteiger partial charge < -0.3 is 14.8 Å². The summed E-state index contributed by atoms with van der Waals surface area (Å²) in [6, 6.07) is 11.4. The van der Waals surface area contributed by atoms with E-state index in [9.17, 15) is 23.2 Å². The fourth-order valence-electron chi connectivity index (χ4n) is 3.05. The minimum Gasteiger partial charge on any atom is -0.493 e. The largest absolute Gasteiger partial charge is 0.493 e. The molecule has 0 radical (unpaired) electrons. The zero-order valence-electron chi connectivity index (χ0n) is 18.1. The molecule has 0 saturated carbocycles. The third-order valence-corrected chi connectivity index (χ3v) is 5.65. The molecule has 33 heavy (non-hydrogen) atoms. The molecular weight excluding hydrogens is 454 g/mol. The van der Waals surface area contributed by atoms with Crippen LogP contribution in [0.4, 0.5) is 19.3 Å². The monoisotopic (exact) mass is 476 g/mol. The average Bonchev–Trinajstić information content (AvgIpc) is 3.02. The highest BCUT2D eigenvalue weighted by Crippen LogP contribution is 2.35. The topological polar surface area (TPSA) is 84.9 Å². The minimum atomic E-state index is -3.01. The first kappa shape index (κ1) is 24.2. The Bertz CT molecular complexity index is 1090. The molecule has 2 aromatic carbocycles. The summed E-state index contributed by atoms with van der Waals surface area (Å²) in [6.07, 6.45) is 1.42. The molecule has 7 nitrogen and oxygen atoms in total. The molecule has 1 aliphatic heterocycles. The van der Waals surface area contributed by atoms with Gasteiger partial charge in [0.1, 0.15) is 6.54 Å². The molecule has 10 heteroatoms. The number of thioether (sulfide) groups is 1. The van der Waals surface area contributed by atoms with E-state index >= 15 is 0 Å². The molecule has 0 aliphatic carbocycles. The molecule has 1 N–H and O–H groups in total. The molecule has 0 spiro atoms. The Balaban J connectivity index is 1.68. The van der Waals surface area contributed by atoms with Crippen LogP contribution in [0.25, 0.3) is 6.08 Å². The highest BCUT2D eigenvalue weighted by atomic mass is 32.2. The number of benzene rings is 2. The maximum absolute atomic E-state index is 12.7. The van der Waals surface area contributed by atoms with Crippen LogP contribution >= 0.6 is 11.8 Å². The second-order valence-corrected chi connectivity index (χ2v) is 8.37. The number of carbonyl (C=O) groups excluding carboxylic acids is 3. The summed E-state index contributed by atoms with van der Waals surface area (Å²) >= 11 is 0.685. The SMILES string of the molecule is COc1cc(/C=C2\SC(=O)N(CC(=O)Nc3ccc(C(C)C)cc3)C2=O)ccc1OC(F)F. The lowest BCUT2D eigenvalue weighted by atomic mass is 10.0. The first-order chi connectivity index (χ1) is 15.7. The summed E-state index contributed by atoms with van der Waals surface area (Å²) < 4.78 is 34.4. The van der Waals surface area contributed by atoms with Gasteiger partial charge in [0.05, 0.1) is 12.0 Å².